The number of rotatable bonds is 4. The lowest BCUT2D eigenvalue weighted by Gasteiger charge is -2.25. The Balaban J connectivity index is 1.62. The van der Waals surface area contributed by atoms with Crippen molar-refractivity contribution in [1.82, 2.24) is 10.4 Å². The van der Waals surface area contributed by atoms with E-state index in [1.54, 1.807) is 24.3 Å². The normalized spacial score (nSPS) is 15.0. The molecule has 8 heteroatoms. The predicted molar refractivity (Wildman–Crippen MR) is 99.7 cm³/mol. The summed E-state index contributed by atoms with van der Waals surface area (Å²) in [7, 11) is 0. The van der Waals surface area contributed by atoms with Crippen LogP contribution in [0.25, 0.3) is 0 Å². The van der Waals surface area contributed by atoms with Gasteiger partial charge in [0.1, 0.15) is 0 Å². The molecule has 1 aliphatic heterocycles. The van der Waals surface area contributed by atoms with Gasteiger partial charge in [-0.15, -0.1) is 0 Å². The van der Waals surface area contributed by atoms with Crippen LogP contribution in [-0.2, 0) is 0 Å². The summed E-state index contributed by atoms with van der Waals surface area (Å²) in [5.74, 6) is -0.306. The van der Waals surface area contributed by atoms with Crippen LogP contribution in [0.15, 0.2) is 29.4 Å². The molecule has 5 nitrogen and oxygen atoms in total. The van der Waals surface area contributed by atoms with Gasteiger partial charge in [-0.3, -0.25) is 4.79 Å². The quantitative estimate of drug-likeness (QED) is 0.636. The van der Waals surface area contributed by atoms with Gasteiger partial charge in [0, 0.05) is 23.7 Å². The lowest BCUT2D eigenvalue weighted by atomic mass is 10.1. The highest BCUT2D eigenvalue weighted by molar-refractivity contribution is 7.17. The van der Waals surface area contributed by atoms with Crippen molar-refractivity contribution >= 4 is 51.8 Å². The molecule has 1 saturated heterocycles. The van der Waals surface area contributed by atoms with E-state index >= 15 is 0 Å². The third kappa shape index (κ3) is 4.26. The van der Waals surface area contributed by atoms with Crippen molar-refractivity contribution in [1.29, 1.82) is 0 Å². The standard InChI is InChI=1S/C16H16Cl2N4OS/c17-12-6-4-11(5-7-12)15(23)21-19-10-13-14(18)20-16(24-13)22-8-2-1-3-9-22/h4-7,10H,1-3,8-9H2,(H,21,23)/b19-10-. The Morgan fingerprint density at radius 2 is 1.92 bits per heavy atom. The summed E-state index contributed by atoms with van der Waals surface area (Å²) in [5.41, 5.74) is 2.96. The van der Waals surface area contributed by atoms with Gasteiger partial charge in [0.2, 0.25) is 0 Å². The van der Waals surface area contributed by atoms with Crippen LogP contribution in [0.2, 0.25) is 10.2 Å². The zero-order valence-electron chi connectivity index (χ0n) is 12.8. The number of carbonyl (C=O) groups is 1. The summed E-state index contributed by atoms with van der Waals surface area (Å²) in [4.78, 5) is 19.3. The highest BCUT2D eigenvalue weighted by Crippen LogP contribution is 2.30. The molecule has 0 unspecified atom stereocenters. The third-order valence-electron chi connectivity index (χ3n) is 3.68. The monoisotopic (exact) mass is 382 g/mol. The summed E-state index contributed by atoms with van der Waals surface area (Å²) < 4.78 is 0. The van der Waals surface area contributed by atoms with Crippen LogP contribution in [0.1, 0.15) is 34.5 Å². The number of piperidine rings is 1. The number of thiazole rings is 1. The number of nitrogens with one attached hydrogen (secondary N) is 1. The Morgan fingerprint density at radius 3 is 2.62 bits per heavy atom. The van der Waals surface area contributed by atoms with Crippen LogP contribution in [-0.4, -0.2) is 30.2 Å². The minimum atomic E-state index is -0.306. The first-order valence-electron chi connectivity index (χ1n) is 7.64. The van der Waals surface area contributed by atoms with Gasteiger partial charge in [-0.1, -0.05) is 34.5 Å². The van der Waals surface area contributed by atoms with E-state index in [0.29, 0.717) is 15.7 Å². The fourth-order valence-corrected chi connectivity index (χ4v) is 3.72. The largest absolute Gasteiger partial charge is 0.348 e. The molecule has 0 bridgehead atoms. The number of aromatic nitrogens is 1. The van der Waals surface area contributed by atoms with Crippen molar-refractivity contribution in [3.8, 4) is 0 Å². The van der Waals surface area contributed by atoms with Crippen LogP contribution in [0.4, 0.5) is 5.13 Å². The van der Waals surface area contributed by atoms with Crippen LogP contribution < -0.4 is 10.3 Å². The molecular weight excluding hydrogens is 367 g/mol. The molecule has 1 aromatic heterocycles. The zero-order valence-corrected chi connectivity index (χ0v) is 15.2. The van der Waals surface area contributed by atoms with E-state index in [2.05, 4.69) is 20.4 Å². The van der Waals surface area contributed by atoms with Gasteiger partial charge in [0.05, 0.1) is 11.1 Å². The number of benzene rings is 1. The Labute approximate surface area is 154 Å². The van der Waals surface area contributed by atoms with Gasteiger partial charge in [0.25, 0.3) is 5.91 Å². The SMILES string of the molecule is O=C(N/N=C\c1sc(N2CCCCC2)nc1Cl)c1ccc(Cl)cc1. The van der Waals surface area contributed by atoms with E-state index < -0.39 is 0 Å². The van der Waals surface area contributed by atoms with Crippen LogP contribution in [0.3, 0.4) is 0 Å². The summed E-state index contributed by atoms with van der Waals surface area (Å²) in [6.07, 6.45) is 5.15. The van der Waals surface area contributed by atoms with Crippen LogP contribution in [0.5, 0.6) is 0 Å². The molecule has 2 aromatic rings. The van der Waals surface area contributed by atoms with E-state index in [0.717, 1.165) is 23.1 Å². The third-order valence-corrected chi connectivity index (χ3v) is 5.38. The molecule has 1 aromatic carbocycles. The molecule has 3 rings (SSSR count). The number of amides is 1. The number of carbonyl (C=O) groups excluding carboxylic acids is 1. The molecule has 0 atom stereocenters. The summed E-state index contributed by atoms with van der Waals surface area (Å²) in [5, 5.41) is 5.86. The van der Waals surface area contributed by atoms with Gasteiger partial charge in [-0.2, -0.15) is 5.10 Å². The van der Waals surface area contributed by atoms with Gasteiger partial charge in [-0.25, -0.2) is 10.4 Å². The van der Waals surface area contributed by atoms with Crippen molar-refractivity contribution in [3.63, 3.8) is 0 Å². The van der Waals surface area contributed by atoms with Crippen molar-refractivity contribution in [3.05, 3.63) is 44.9 Å². The van der Waals surface area contributed by atoms with E-state index in [-0.39, 0.29) is 5.91 Å². The summed E-state index contributed by atoms with van der Waals surface area (Å²) in [6, 6.07) is 6.60. The average molecular weight is 383 g/mol. The van der Waals surface area contributed by atoms with Crippen molar-refractivity contribution in [2.45, 2.75) is 19.3 Å². The second-order valence-electron chi connectivity index (χ2n) is 5.41. The van der Waals surface area contributed by atoms with E-state index in [9.17, 15) is 4.79 Å². The fraction of sp³-hybridized carbons (Fsp3) is 0.312. The molecule has 0 aliphatic carbocycles. The van der Waals surface area contributed by atoms with Gasteiger partial charge < -0.3 is 4.90 Å². The molecule has 0 radical (unpaired) electrons. The Morgan fingerprint density at radius 1 is 1.21 bits per heavy atom. The van der Waals surface area contributed by atoms with Crippen LogP contribution in [0, 0.1) is 0 Å². The predicted octanol–water partition coefficient (Wildman–Crippen LogP) is 4.20. The summed E-state index contributed by atoms with van der Waals surface area (Å²) >= 11 is 13.4. The first kappa shape index (κ1) is 17.2. The smallest absolute Gasteiger partial charge is 0.271 e. The second-order valence-corrected chi connectivity index (χ2v) is 7.21. The Bertz CT molecular complexity index is 739. The second kappa shape index (κ2) is 7.96. The maximum absolute atomic E-state index is 12.0. The number of nitrogens with zero attached hydrogens (tertiary/aromatic N) is 3. The molecule has 1 fully saturated rings. The highest BCUT2D eigenvalue weighted by atomic mass is 35.5. The molecule has 2 heterocycles. The molecule has 1 aliphatic rings. The number of hydrogen-bond donors (Lipinski definition) is 1. The Kier molecular flexibility index (Phi) is 5.71. The van der Waals surface area contributed by atoms with E-state index in [1.807, 2.05) is 0 Å². The van der Waals surface area contributed by atoms with Crippen molar-refractivity contribution in [2.24, 2.45) is 5.10 Å². The Hall–Kier alpha value is -1.63. The average Bonchev–Trinajstić information content (AvgIpc) is 2.97. The fourth-order valence-electron chi connectivity index (χ4n) is 2.42. The molecule has 24 heavy (non-hydrogen) atoms. The van der Waals surface area contributed by atoms with Gasteiger partial charge >= 0.3 is 0 Å². The summed E-state index contributed by atoms with van der Waals surface area (Å²) in [6.45, 7) is 2.02. The maximum Gasteiger partial charge on any atom is 0.271 e. The van der Waals surface area contributed by atoms with Gasteiger partial charge in [-0.05, 0) is 43.5 Å². The topological polar surface area (TPSA) is 57.6 Å². The maximum atomic E-state index is 12.0. The van der Waals surface area contributed by atoms with Gasteiger partial charge in [0.15, 0.2) is 10.3 Å². The molecule has 1 N–H and O–H groups in total. The molecule has 0 spiro atoms. The molecule has 1 amide bonds. The molecule has 0 saturated carbocycles. The molecular formula is C16H16Cl2N4OS. The first-order chi connectivity index (χ1) is 11.6. The number of anilines is 1. The van der Waals surface area contributed by atoms with E-state index in [1.165, 1.54) is 36.8 Å². The number of hydrazone groups is 1. The highest BCUT2D eigenvalue weighted by Gasteiger charge is 2.16. The first-order valence-corrected chi connectivity index (χ1v) is 9.21. The lowest BCUT2D eigenvalue weighted by Crippen LogP contribution is -2.29. The zero-order chi connectivity index (χ0) is 16.9. The molecule has 126 valence electrons. The van der Waals surface area contributed by atoms with E-state index in [4.69, 9.17) is 23.2 Å². The van der Waals surface area contributed by atoms with Crippen LogP contribution >= 0.6 is 34.5 Å². The number of halogens is 2. The number of hydrogen-bond acceptors (Lipinski definition) is 5. The minimum Gasteiger partial charge on any atom is -0.348 e. The van der Waals surface area contributed by atoms with Crippen molar-refractivity contribution in [2.75, 3.05) is 18.0 Å². The van der Waals surface area contributed by atoms with Crippen molar-refractivity contribution < 1.29 is 4.79 Å². The lowest BCUT2D eigenvalue weighted by molar-refractivity contribution is 0.0955. The minimum absolute atomic E-state index is 0.306.